The largest absolute Gasteiger partial charge is 0.506 e. The molecule has 0 atom stereocenters. The highest BCUT2D eigenvalue weighted by atomic mass is 35.5. The Labute approximate surface area is 116 Å². The van der Waals surface area contributed by atoms with Crippen molar-refractivity contribution in [1.82, 2.24) is 5.32 Å². The first-order chi connectivity index (χ1) is 8.69. The standard InChI is InChI=1S/C13H17ClFNO3/c1-13(2,3)19-12(18)16-5-4-8-6-9(14)11(17)7-10(8)15/h6-7,17H,4-5H2,1-3H3,(H,16,18). The molecule has 106 valence electrons. The minimum Gasteiger partial charge on any atom is -0.506 e. The molecule has 1 amide bonds. The van der Waals surface area contributed by atoms with E-state index >= 15 is 0 Å². The topological polar surface area (TPSA) is 58.6 Å². The van der Waals surface area contributed by atoms with Gasteiger partial charge >= 0.3 is 6.09 Å². The molecule has 0 aromatic heterocycles. The predicted octanol–water partition coefficient (Wildman–Crippen LogP) is 3.25. The molecule has 0 saturated carbocycles. The summed E-state index contributed by atoms with van der Waals surface area (Å²) >= 11 is 5.69. The molecule has 0 aliphatic heterocycles. The van der Waals surface area contributed by atoms with Crippen LogP contribution in [0.1, 0.15) is 26.3 Å². The fourth-order valence-corrected chi connectivity index (χ4v) is 1.57. The average Bonchev–Trinajstić information content (AvgIpc) is 2.22. The summed E-state index contributed by atoms with van der Waals surface area (Å²) in [5.74, 6) is -0.865. The number of hydrogen-bond donors (Lipinski definition) is 2. The molecule has 2 N–H and O–H groups in total. The molecule has 19 heavy (non-hydrogen) atoms. The van der Waals surface area contributed by atoms with Crippen LogP contribution in [0, 0.1) is 5.82 Å². The molecule has 0 radical (unpaired) electrons. The Balaban J connectivity index is 2.50. The van der Waals surface area contributed by atoms with E-state index in [1.54, 1.807) is 20.8 Å². The Bertz CT molecular complexity index is 472. The Morgan fingerprint density at radius 3 is 2.68 bits per heavy atom. The van der Waals surface area contributed by atoms with E-state index in [4.69, 9.17) is 16.3 Å². The quantitative estimate of drug-likeness (QED) is 0.898. The van der Waals surface area contributed by atoms with Gasteiger partial charge in [-0.1, -0.05) is 11.6 Å². The first-order valence-corrected chi connectivity index (χ1v) is 6.20. The average molecular weight is 290 g/mol. The fraction of sp³-hybridized carbons (Fsp3) is 0.462. The smallest absolute Gasteiger partial charge is 0.407 e. The van der Waals surface area contributed by atoms with Crippen molar-refractivity contribution in [2.24, 2.45) is 0 Å². The molecular weight excluding hydrogens is 273 g/mol. The molecule has 1 rings (SSSR count). The Hall–Kier alpha value is -1.49. The first-order valence-electron chi connectivity index (χ1n) is 5.83. The molecule has 0 fully saturated rings. The number of carbonyl (C=O) groups excluding carboxylic acids is 1. The Morgan fingerprint density at radius 1 is 1.47 bits per heavy atom. The van der Waals surface area contributed by atoms with Crippen LogP contribution in [0.25, 0.3) is 0 Å². The molecule has 0 unspecified atom stereocenters. The van der Waals surface area contributed by atoms with Gasteiger partial charge in [-0.2, -0.15) is 0 Å². The number of halogens is 2. The van der Waals surface area contributed by atoms with Crippen molar-refractivity contribution in [2.45, 2.75) is 32.8 Å². The lowest BCUT2D eigenvalue weighted by Crippen LogP contribution is -2.33. The van der Waals surface area contributed by atoms with Gasteiger partial charge in [0.2, 0.25) is 0 Å². The highest BCUT2D eigenvalue weighted by Gasteiger charge is 2.16. The van der Waals surface area contributed by atoms with Crippen LogP contribution in [0.3, 0.4) is 0 Å². The van der Waals surface area contributed by atoms with E-state index in [1.165, 1.54) is 6.07 Å². The third-order valence-corrected chi connectivity index (χ3v) is 2.48. The minimum atomic E-state index is -0.572. The van der Waals surface area contributed by atoms with Gasteiger partial charge in [0.25, 0.3) is 0 Å². The van der Waals surface area contributed by atoms with Crippen molar-refractivity contribution in [3.05, 3.63) is 28.5 Å². The van der Waals surface area contributed by atoms with Gasteiger partial charge in [-0.05, 0) is 38.8 Å². The number of phenolic OH excluding ortho intramolecular Hbond substituents is 1. The van der Waals surface area contributed by atoms with Gasteiger partial charge in [0.05, 0.1) is 5.02 Å². The zero-order valence-corrected chi connectivity index (χ0v) is 11.8. The molecule has 0 aliphatic carbocycles. The minimum absolute atomic E-state index is 0.0775. The van der Waals surface area contributed by atoms with Crippen LogP contribution in [-0.2, 0) is 11.2 Å². The number of nitrogens with one attached hydrogen (secondary N) is 1. The number of aromatic hydroxyl groups is 1. The highest BCUT2D eigenvalue weighted by Crippen LogP contribution is 2.26. The molecule has 1 aromatic carbocycles. The maximum Gasteiger partial charge on any atom is 0.407 e. The van der Waals surface area contributed by atoms with Crippen LogP contribution in [0.4, 0.5) is 9.18 Å². The molecule has 6 heteroatoms. The van der Waals surface area contributed by atoms with Crippen LogP contribution < -0.4 is 5.32 Å². The molecular formula is C13H17ClFNO3. The van der Waals surface area contributed by atoms with Crippen LogP contribution in [0.5, 0.6) is 5.75 Å². The molecule has 4 nitrogen and oxygen atoms in total. The second-order valence-electron chi connectivity index (χ2n) is 5.07. The lowest BCUT2D eigenvalue weighted by atomic mass is 10.1. The number of benzene rings is 1. The van der Waals surface area contributed by atoms with Crippen LogP contribution in [-0.4, -0.2) is 23.3 Å². The summed E-state index contributed by atoms with van der Waals surface area (Å²) in [6.07, 6.45) is -0.303. The van der Waals surface area contributed by atoms with Crippen LogP contribution >= 0.6 is 11.6 Å². The zero-order valence-electron chi connectivity index (χ0n) is 11.1. The Morgan fingerprint density at radius 2 is 2.11 bits per heavy atom. The SMILES string of the molecule is CC(C)(C)OC(=O)NCCc1cc(Cl)c(O)cc1F. The van der Waals surface area contributed by atoms with E-state index in [-0.39, 0.29) is 23.7 Å². The summed E-state index contributed by atoms with van der Waals surface area (Å²) in [5, 5.41) is 11.8. The molecule has 0 saturated heterocycles. The van der Waals surface area contributed by atoms with E-state index in [0.717, 1.165) is 6.07 Å². The number of ether oxygens (including phenoxy) is 1. The van der Waals surface area contributed by atoms with Crippen molar-refractivity contribution in [2.75, 3.05) is 6.54 Å². The molecule has 0 spiro atoms. The van der Waals surface area contributed by atoms with E-state index in [9.17, 15) is 14.3 Å². The summed E-state index contributed by atoms with van der Waals surface area (Å²) in [5.41, 5.74) is -0.254. The maximum absolute atomic E-state index is 13.5. The molecule has 1 aromatic rings. The van der Waals surface area contributed by atoms with Gasteiger partial charge in [0.15, 0.2) is 0 Å². The zero-order chi connectivity index (χ0) is 14.6. The summed E-state index contributed by atoms with van der Waals surface area (Å²) in [7, 11) is 0. The number of rotatable bonds is 3. The van der Waals surface area contributed by atoms with E-state index in [0.29, 0.717) is 5.56 Å². The van der Waals surface area contributed by atoms with Gasteiger partial charge in [-0.25, -0.2) is 9.18 Å². The summed E-state index contributed by atoms with van der Waals surface area (Å²) in [6.45, 7) is 5.48. The fourth-order valence-electron chi connectivity index (χ4n) is 1.38. The summed E-state index contributed by atoms with van der Waals surface area (Å²) in [6, 6.07) is 2.29. The predicted molar refractivity (Wildman–Crippen MR) is 71.0 cm³/mol. The van der Waals surface area contributed by atoms with Gasteiger partial charge in [-0.15, -0.1) is 0 Å². The molecule has 0 aliphatic rings. The third kappa shape index (κ3) is 5.34. The second kappa shape index (κ2) is 6.10. The number of carbonyl (C=O) groups is 1. The monoisotopic (exact) mass is 289 g/mol. The summed E-state index contributed by atoms with van der Waals surface area (Å²) in [4.78, 5) is 11.4. The van der Waals surface area contributed by atoms with E-state index in [2.05, 4.69) is 5.32 Å². The van der Waals surface area contributed by atoms with Gasteiger partial charge < -0.3 is 15.2 Å². The number of phenols is 1. The van der Waals surface area contributed by atoms with Crippen molar-refractivity contribution < 1.29 is 19.0 Å². The van der Waals surface area contributed by atoms with Crippen molar-refractivity contribution in [3.63, 3.8) is 0 Å². The number of amides is 1. The van der Waals surface area contributed by atoms with Crippen molar-refractivity contribution in [3.8, 4) is 5.75 Å². The lowest BCUT2D eigenvalue weighted by Gasteiger charge is -2.19. The van der Waals surface area contributed by atoms with Crippen molar-refractivity contribution >= 4 is 17.7 Å². The third-order valence-electron chi connectivity index (χ3n) is 2.18. The van der Waals surface area contributed by atoms with Gasteiger partial charge in [0, 0.05) is 12.6 Å². The molecule has 0 heterocycles. The Kier molecular flexibility index (Phi) is 5.00. The lowest BCUT2D eigenvalue weighted by molar-refractivity contribution is 0.0528. The van der Waals surface area contributed by atoms with Crippen LogP contribution in [0.15, 0.2) is 12.1 Å². The van der Waals surface area contributed by atoms with Gasteiger partial charge in [0.1, 0.15) is 17.2 Å². The summed E-state index contributed by atoms with van der Waals surface area (Å²) < 4.78 is 18.5. The molecule has 0 bridgehead atoms. The number of alkyl carbamates (subject to hydrolysis) is 1. The van der Waals surface area contributed by atoms with Gasteiger partial charge in [-0.3, -0.25) is 0 Å². The van der Waals surface area contributed by atoms with Crippen molar-refractivity contribution in [1.29, 1.82) is 0 Å². The first kappa shape index (κ1) is 15.6. The normalized spacial score (nSPS) is 11.2. The van der Waals surface area contributed by atoms with Crippen LogP contribution in [0.2, 0.25) is 5.02 Å². The highest BCUT2D eigenvalue weighted by molar-refractivity contribution is 6.32. The van der Waals surface area contributed by atoms with E-state index in [1.807, 2.05) is 0 Å². The maximum atomic E-state index is 13.5. The number of hydrogen-bond acceptors (Lipinski definition) is 3. The second-order valence-corrected chi connectivity index (χ2v) is 5.48. The van der Waals surface area contributed by atoms with E-state index < -0.39 is 17.5 Å².